The second-order valence-electron chi connectivity index (χ2n) is 0.0833. The molecule has 19 valence electrons. The van der Waals surface area contributed by atoms with E-state index in [1.165, 1.54) is 0 Å². The molecule has 4 heavy (non-hydrogen) atoms. The maximum absolute atomic E-state index is 8.57. The van der Waals surface area contributed by atoms with Gasteiger partial charge in [0.25, 0.3) is 0 Å². The second kappa shape index (κ2) is 8.96. The van der Waals surface area contributed by atoms with Crippen LogP contribution < -0.4 is 0 Å². The van der Waals surface area contributed by atoms with E-state index in [0.29, 0.717) is 0 Å². The number of hydrogen-bond donors (Lipinski definition) is 0. The van der Waals surface area contributed by atoms with E-state index in [1.54, 1.807) is 0 Å². The Morgan fingerprint density at radius 2 is 1.25 bits per heavy atom. The second-order valence-corrected chi connectivity index (χ2v) is 0.731. The minimum absolute atomic E-state index is 0. The Balaban J connectivity index is 0. The van der Waals surface area contributed by atoms with Crippen LogP contribution in [-0.2, 0) is 5.37 Å². The van der Waals surface area contributed by atoms with E-state index in [4.69, 9.17) is 5.37 Å². The molecule has 0 atom stereocenters. The average Bonchev–Trinajstić information content (AvgIpc) is 0.918. The van der Waals surface area contributed by atoms with Crippen molar-refractivity contribution < 1.29 is 5.37 Å². The van der Waals surface area contributed by atoms with Crippen molar-refractivity contribution in [3.63, 3.8) is 0 Å². The van der Waals surface area contributed by atoms with Gasteiger partial charge in [-0.05, 0) is 0 Å². The van der Waals surface area contributed by atoms with Gasteiger partial charge in [-0.15, -0.1) is 0 Å². The SMILES string of the molecule is [Al].[O]=[Pb]=[O]. The topological polar surface area (TPSA) is 34.1 Å². The van der Waals surface area contributed by atoms with Crippen LogP contribution in [0.1, 0.15) is 0 Å². The van der Waals surface area contributed by atoms with Gasteiger partial charge in [0.1, 0.15) is 0 Å². The molecule has 2 nitrogen and oxygen atoms in total. The molecule has 0 aliphatic rings. The van der Waals surface area contributed by atoms with Crippen LogP contribution in [0.25, 0.3) is 0 Å². The molecule has 0 bridgehead atoms. The average molecular weight is 266 g/mol. The van der Waals surface area contributed by atoms with E-state index in [9.17, 15) is 0 Å². The third kappa shape index (κ3) is 11.6. The first kappa shape index (κ1) is 8.91. The van der Waals surface area contributed by atoms with Crippen LogP contribution in [0.4, 0.5) is 0 Å². The summed E-state index contributed by atoms with van der Waals surface area (Å²) in [5, 5.41) is 0. The molecule has 3 radical (unpaired) electrons. The Kier molecular flexibility index (Phi) is 20.0. The summed E-state index contributed by atoms with van der Waals surface area (Å²) in [5.74, 6) is 0. The Hall–Kier alpha value is 1.05. The van der Waals surface area contributed by atoms with Gasteiger partial charge in [0.2, 0.25) is 0 Å². The zero-order chi connectivity index (χ0) is 2.71. The van der Waals surface area contributed by atoms with Crippen molar-refractivity contribution in [1.29, 1.82) is 0 Å². The monoisotopic (exact) mass is 267 g/mol. The van der Waals surface area contributed by atoms with Gasteiger partial charge in [0, 0.05) is 17.4 Å². The minimum atomic E-state index is -2.42. The third-order valence-electron chi connectivity index (χ3n) is 0. The van der Waals surface area contributed by atoms with Crippen molar-refractivity contribution in [1.82, 2.24) is 0 Å². The van der Waals surface area contributed by atoms with Gasteiger partial charge in [-0.25, -0.2) is 0 Å². The zero-order valence-electron chi connectivity index (χ0n) is 1.89. The summed E-state index contributed by atoms with van der Waals surface area (Å²) in [7, 11) is 0. The van der Waals surface area contributed by atoms with Crippen molar-refractivity contribution in [2.45, 2.75) is 0 Å². The van der Waals surface area contributed by atoms with Gasteiger partial charge >= 0.3 is 29.6 Å². The van der Waals surface area contributed by atoms with Gasteiger partial charge < -0.3 is 0 Å². The van der Waals surface area contributed by atoms with E-state index < -0.39 is 24.3 Å². The van der Waals surface area contributed by atoms with Crippen LogP contribution in [-0.4, -0.2) is 41.6 Å². The molecule has 0 N–H and O–H groups in total. The molecule has 0 aromatic rings. The van der Waals surface area contributed by atoms with Crippen molar-refractivity contribution in [3.05, 3.63) is 0 Å². The van der Waals surface area contributed by atoms with E-state index in [0.717, 1.165) is 0 Å². The van der Waals surface area contributed by atoms with Crippen LogP contribution in [0.15, 0.2) is 0 Å². The molecular formula is AlO2Pb. The number of rotatable bonds is 0. The first-order valence-electron chi connectivity index (χ1n) is 0.408. The van der Waals surface area contributed by atoms with E-state index in [2.05, 4.69) is 0 Å². The summed E-state index contributed by atoms with van der Waals surface area (Å²) in [6, 6.07) is 0. The molecule has 0 aromatic heterocycles. The predicted molar refractivity (Wildman–Crippen MR) is 12.9 cm³/mol. The maximum atomic E-state index is 8.57. The summed E-state index contributed by atoms with van der Waals surface area (Å²) < 4.78 is 17.1. The molecular weight excluding hydrogens is 266 g/mol. The van der Waals surface area contributed by atoms with Crippen LogP contribution in [0.2, 0.25) is 0 Å². The van der Waals surface area contributed by atoms with Gasteiger partial charge in [-0.2, -0.15) is 0 Å². The van der Waals surface area contributed by atoms with Gasteiger partial charge in [-0.3, -0.25) is 0 Å². The molecule has 0 heterocycles. The normalized spacial score (nSPS) is 2.00. The summed E-state index contributed by atoms with van der Waals surface area (Å²) >= 11 is -2.42. The molecule has 0 amide bonds. The fourth-order valence-electron chi connectivity index (χ4n) is 0. The molecule has 0 aliphatic carbocycles. The molecule has 0 fully saturated rings. The molecule has 0 saturated carbocycles. The molecule has 0 spiro atoms. The van der Waals surface area contributed by atoms with Gasteiger partial charge in [-0.1, -0.05) is 0 Å². The standard InChI is InChI=1S/Al.2O.Pb. The van der Waals surface area contributed by atoms with Crippen molar-refractivity contribution in [3.8, 4) is 0 Å². The van der Waals surface area contributed by atoms with Crippen LogP contribution in [0.5, 0.6) is 0 Å². The Morgan fingerprint density at radius 3 is 1.25 bits per heavy atom. The number of hydrogen-bond acceptors (Lipinski definition) is 2. The summed E-state index contributed by atoms with van der Waals surface area (Å²) in [5.41, 5.74) is 0. The summed E-state index contributed by atoms with van der Waals surface area (Å²) in [4.78, 5) is 0. The van der Waals surface area contributed by atoms with Crippen molar-refractivity contribution in [2.75, 3.05) is 0 Å². The molecule has 0 rings (SSSR count). The first-order valence-corrected chi connectivity index (χ1v) is 3.58. The first-order chi connectivity index (χ1) is 1.41. The van der Waals surface area contributed by atoms with Crippen molar-refractivity contribution >= 4 is 41.6 Å². The quantitative estimate of drug-likeness (QED) is 0.527. The van der Waals surface area contributed by atoms with E-state index in [1.807, 2.05) is 0 Å². The van der Waals surface area contributed by atoms with Crippen LogP contribution in [0.3, 0.4) is 0 Å². The fourth-order valence-corrected chi connectivity index (χ4v) is 0. The molecule has 0 aromatic carbocycles. The fraction of sp³-hybridized carbons (Fsp3) is 0. The van der Waals surface area contributed by atoms with Crippen LogP contribution in [0, 0.1) is 0 Å². The molecule has 0 aliphatic heterocycles. The van der Waals surface area contributed by atoms with Crippen molar-refractivity contribution in [2.24, 2.45) is 0 Å². The summed E-state index contributed by atoms with van der Waals surface area (Å²) in [6.45, 7) is 0. The third-order valence-corrected chi connectivity index (χ3v) is 0. The van der Waals surface area contributed by atoms with Gasteiger partial charge in [0.05, 0.1) is 0 Å². The van der Waals surface area contributed by atoms with E-state index in [-0.39, 0.29) is 17.4 Å². The van der Waals surface area contributed by atoms with Crippen LogP contribution >= 0.6 is 0 Å². The summed E-state index contributed by atoms with van der Waals surface area (Å²) in [6.07, 6.45) is 0. The zero-order valence-corrected chi connectivity index (χ0v) is 6.94. The molecule has 4 heteroatoms. The Labute approximate surface area is 46.9 Å². The Bertz CT molecular complexity index is 27.0. The molecule has 0 saturated heterocycles. The van der Waals surface area contributed by atoms with Gasteiger partial charge in [0.15, 0.2) is 0 Å². The Morgan fingerprint density at radius 1 is 1.25 bits per heavy atom. The predicted octanol–water partition coefficient (Wildman–Crippen LogP) is -0.999. The van der Waals surface area contributed by atoms with E-state index >= 15 is 0 Å². The molecule has 0 unspecified atom stereocenters.